The van der Waals surface area contributed by atoms with Crippen molar-refractivity contribution in [2.24, 2.45) is 0 Å². The molecule has 4 N–H and O–H groups in total. The van der Waals surface area contributed by atoms with Gasteiger partial charge in [0, 0.05) is 25.2 Å². The first kappa shape index (κ1) is 15.8. The van der Waals surface area contributed by atoms with Gasteiger partial charge >= 0.3 is 12.0 Å². The number of aliphatic carboxylic acids is 1. The Labute approximate surface area is 111 Å². The SMILES string of the molecule is O=C(Nc1c(F)cc(F)cc1F)N[C@H](CCO)C(=O)O. The Morgan fingerprint density at radius 2 is 1.75 bits per heavy atom. The van der Waals surface area contributed by atoms with E-state index < -0.39 is 47.8 Å². The van der Waals surface area contributed by atoms with E-state index >= 15 is 0 Å². The molecule has 20 heavy (non-hydrogen) atoms. The zero-order valence-electron chi connectivity index (χ0n) is 9.99. The Bertz CT molecular complexity index is 501. The van der Waals surface area contributed by atoms with Crippen LogP contribution in [0.5, 0.6) is 0 Å². The predicted octanol–water partition coefficient (Wildman–Crippen LogP) is 1.06. The van der Waals surface area contributed by atoms with Crippen molar-refractivity contribution in [2.45, 2.75) is 12.5 Å². The maximum Gasteiger partial charge on any atom is 0.326 e. The minimum absolute atomic E-state index is 0.281. The normalized spacial score (nSPS) is 11.8. The topological polar surface area (TPSA) is 98.7 Å². The number of rotatable bonds is 5. The Kier molecular flexibility index (Phi) is 5.32. The second-order valence-electron chi connectivity index (χ2n) is 3.75. The third-order valence-corrected chi connectivity index (χ3v) is 2.27. The molecule has 0 spiro atoms. The summed E-state index contributed by atoms with van der Waals surface area (Å²) in [5, 5.41) is 21.0. The number of carboxylic acid groups (broad SMARTS) is 1. The van der Waals surface area contributed by atoms with Crippen LogP contribution in [0.1, 0.15) is 6.42 Å². The molecule has 0 aromatic heterocycles. The molecule has 0 fully saturated rings. The van der Waals surface area contributed by atoms with Crippen LogP contribution in [-0.4, -0.2) is 34.9 Å². The molecular formula is C11H11F3N2O4. The molecule has 0 heterocycles. The highest BCUT2D eigenvalue weighted by atomic mass is 19.1. The molecule has 0 saturated heterocycles. The first-order valence-corrected chi connectivity index (χ1v) is 5.41. The van der Waals surface area contributed by atoms with Crippen molar-refractivity contribution in [3.8, 4) is 0 Å². The summed E-state index contributed by atoms with van der Waals surface area (Å²) in [6, 6.07) is -1.90. The second-order valence-corrected chi connectivity index (χ2v) is 3.75. The van der Waals surface area contributed by atoms with Crippen LogP contribution in [-0.2, 0) is 4.79 Å². The second kappa shape index (κ2) is 6.75. The lowest BCUT2D eigenvalue weighted by molar-refractivity contribution is -0.139. The number of aliphatic hydroxyl groups excluding tert-OH is 1. The highest BCUT2D eigenvalue weighted by Crippen LogP contribution is 2.19. The molecule has 6 nitrogen and oxygen atoms in total. The number of carbonyl (C=O) groups excluding carboxylic acids is 1. The van der Waals surface area contributed by atoms with Crippen LogP contribution in [0, 0.1) is 17.5 Å². The molecule has 0 bridgehead atoms. The van der Waals surface area contributed by atoms with Gasteiger partial charge in [0.25, 0.3) is 0 Å². The monoisotopic (exact) mass is 292 g/mol. The first-order chi connectivity index (χ1) is 9.35. The number of benzene rings is 1. The average molecular weight is 292 g/mol. The van der Waals surface area contributed by atoms with Gasteiger partial charge in [0.1, 0.15) is 17.5 Å². The van der Waals surface area contributed by atoms with E-state index in [1.54, 1.807) is 5.32 Å². The molecule has 1 atom stereocenters. The Hall–Kier alpha value is -2.29. The summed E-state index contributed by atoms with van der Waals surface area (Å²) < 4.78 is 39.1. The van der Waals surface area contributed by atoms with E-state index in [9.17, 15) is 22.8 Å². The molecule has 0 aliphatic carbocycles. The van der Waals surface area contributed by atoms with Crippen molar-refractivity contribution in [2.75, 3.05) is 11.9 Å². The number of hydrogen-bond donors (Lipinski definition) is 4. The number of hydrogen-bond acceptors (Lipinski definition) is 3. The standard InChI is InChI=1S/C11H11F3N2O4/c12-5-3-6(13)9(7(14)4-5)16-11(20)15-8(1-2-17)10(18)19/h3-4,8,17H,1-2H2,(H,18,19)(H2,15,16,20)/t8-/m1/s1. The van der Waals surface area contributed by atoms with E-state index in [1.807, 2.05) is 5.32 Å². The molecule has 1 rings (SSSR count). The van der Waals surface area contributed by atoms with Gasteiger partial charge in [-0.1, -0.05) is 0 Å². The van der Waals surface area contributed by atoms with Crippen LogP contribution < -0.4 is 10.6 Å². The smallest absolute Gasteiger partial charge is 0.326 e. The van der Waals surface area contributed by atoms with Crippen molar-refractivity contribution in [1.29, 1.82) is 0 Å². The maximum absolute atomic E-state index is 13.2. The Morgan fingerprint density at radius 1 is 1.20 bits per heavy atom. The predicted molar refractivity (Wildman–Crippen MR) is 61.6 cm³/mol. The molecule has 1 aromatic rings. The summed E-state index contributed by atoms with van der Waals surface area (Å²) in [6.45, 7) is -0.503. The van der Waals surface area contributed by atoms with E-state index in [4.69, 9.17) is 10.2 Å². The van der Waals surface area contributed by atoms with E-state index in [0.29, 0.717) is 12.1 Å². The lowest BCUT2D eigenvalue weighted by Gasteiger charge is -2.14. The van der Waals surface area contributed by atoms with Crippen molar-refractivity contribution in [3.05, 3.63) is 29.6 Å². The molecule has 9 heteroatoms. The summed E-state index contributed by atoms with van der Waals surface area (Å²) >= 11 is 0. The summed E-state index contributed by atoms with van der Waals surface area (Å²) in [6.07, 6.45) is -0.281. The first-order valence-electron chi connectivity index (χ1n) is 5.41. The lowest BCUT2D eigenvalue weighted by Crippen LogP contribution is -2.43. The van der Waals surface area contributed by atoms with Crippen molar-refractivity contribution in [3.63, 3.8) is 0 Å². The number of aliphatic hydroxyl groups is 1. The molecular weight excluding hydrogens is 281 g/mol. The number of nitrogens with one attached hydrogen (secondary N) is 2. The van der Waals surface area contributed by atoms with Gasteiger partial charge in [-0.3, -0.25) is 0 Å². The molecule has 2 amide bonds. The Balaban J connectivity index is 2.78. The van der Waals surface area contributed by atoms with E-state index in [1.165, 1.54) is 0 Å². The van der Waals surface area contributed by atoms with Crippen LogP contribution in [0.25, 0.3) is 0 Å². The molecule has 0 saturated carbocycles. The van der Waals surface area contributed by atoms with Crippen molar-refractivity contribution < 1.29 is 33.0 Å². The van der Waals surface area contributed by atoms with E-state index in [2.05, 4.69) is 0 Å². The molecule has 0 unspecified atom stereocenters. The van der Waals surface area contributed by atoms with E-state index in [-0.39, 0.29) is 6.42 Å². The lowest BCUT2D eigenvalue weighted by atomic mass is 10.2. The number of urea groups is 1. The number of halogens is 3. The minimum atomic E-state index is -1.42. The number of carbonyl (C=O) groups is 2. The van der Waals surface area contributed by atoms with Crippen LogP contribution >= 0.6 is 0 Å². The number of carboxylic acids is 1. The summed E-state index contributed by atoms with van der Waals surface area (Å²) in [5.41, 5.74) is -0.906. The fourth-order valence-corrected chi connectivity index (χ4v) is 1.36. The molecule has 0 aliphatic heterocycles. The number of anilines is 1. The van der Waals surface area contributed by atoms with Gasteiger partial charge < -0.3 is 20.8 Å². The van der Waals surface area contributed by atoms with Gasteiger partial charge in [-0.25, -0.2) is 22.8 Å². The number of amides is 2. The zero-order chi connectivity index (χ0) is 15.3. The van der Waals surface area contributed by atoms with Crippen LogP contribution in [0.2, 0.25) is 0 Å². The largest absolute Gasteiger partial charge is 0.480 e. The molecule has 110 valence electrons. The van der Waals surface area contributed by atoms with Crippen LogP contribution in [0.15, 0.2) is 12.1 Å². The summed E-state index contributed by atoms with van der Waals surface area (Å²) in [5.74, 6) is -5.26. The molecule has 0 aliphatic rings. The van der Waals surface area contributed by atoms with Gasteiger partial charge in [-0.05, 0) is 0 Å². The van der Waals surface area contributed by atoms with E-state index in [0.717, 1.165) is 0 Å². The van der Waals surface area contributed by atoms with Crippen molar-refractivity contribution in [1.82, 2.24) is 5.32 Å². The van der Waals surface area contributed by atoms with Gasteiger partial charge in [-0.2, -0.15) is 0 Å². The van der Waals surface area contributed by atoms with Gasteiger partial charge in [-0.15, -0.1) is 0 Å². The summed E-state index contributed by atoms with van der Waals surface area (Å²) in [4.78, 5) is 22.1. The third kappa shape index (κ3) is 4.12. The van der Waals surface area contributed by atoms with Gasteiger partial charge in [0.05, 0.1) is 0 Å². The maximum atomic E-state index is 13.2. The fraction of sp³-hybridized carbons (Fsp3) is 0.273. The minimum Gasteiger partial charge on any atom is -0.480 e. The fourth-order valence-electron chi connectivity index (χ4n) is 1.36. The zero-order valence-corrected chi connectivity index (χ0v) is 9.99. The average Bonchev–Trinajstić information content (AvgIpc) is 2.33. The molecule has 0 radical (unpaired) electrons. The third-order valence-electron chi connectivity index (χ3n) is 2.27. The van der Waals surface area contributed by atoms with Crippen LogP contribution in [0.4, 0.5) is 23.7 Å². The van der Waals surface area contributed by atoms with Crippen molar-refractivity contribution >= 4 is 17.7 Å². The van der Waals surface area contributed by atoms with Gasteiger partial charge in [0.15, 0.2) is 11.6 Å². The Morgan fingerprint density at radius 3 is 2.20 bits per heavy atom. The highest BCUT2D eigenvalue weighted by molar-refractivity contribution is 5.92. The van der Waals surface area contributed by atoms with Gasteiger partial charge in [0.2, 0.25) is 0 Å². The molecule has 1 aromatic carbocycles. The van der Waals surface area contributed by atoms with Crippen LogP contribution in [0.3, 0.4) is 0 Å². The summed E-state index contributed by atoms with van der Waals surface area (Å²) in [7, 11) is 0. The highest BCUT2D eigenvalue weighted by Gasteiger charge is 2.21. The quantitative estimate of drug-likeness (QED) is 0.652.